The number of hydrogen-bond acceptors (Lipinski definition) is 3. The molecule has 2 aromatic heterocycles. The number of fused-ring (bicyclic) bond motifs is 1. The Morgan fingerprint density at radius 3 is 3.25 bits per heavy atom. The lowest BCUT2D eigenvalue weighted by molar-refractivity contribution is -0.107. The Balaban J connectivity index is 2.54. The molecule has 0 unspecified atom stereocenters. The third kappa shape index (κ3) is 1.23. The zero-order chi connectivity index (χ0) is 8.39. The van der Waals surface area contributed by atoms with Crippen LogP contribution < -0.4 is 0 Å². The number of hydrogen-bond donors (Lipinski definition) is 0. The topological polar surface area (TPSA) is 30.0 Å². The minimum absolute atomic E-state index is 0.501. The van der Waals surface area contributed by atoms with E-state index in [2.05, 4.69) is 4.98 Å². The van der Waals surface area contributed by atoms with E-state index in [4.69, 9.17) is 0 Å². The largest absolute Gasteiger partial charge is 0.303 e. The van der Waals surface area contributed by atoms with Crippen molar-refractivity contribution in [3.8, 4) is 0 Å². The van der Waals surface area contributed by atoms with E-state index < -0.39 is 0 Å². The fourth-order valence-corrected chi connectivity index (χ4v) is 2.05. The second-order valence-electron chi connectivity index (χ2n) is 2.48. The summed E-state index contributed by atoms with van der Waals surface area (Å²) in [5.41, 5.74) is 0. The summed E-state index contributed by atoms with van der Waals surface area (Å²) in [5, 5.41) is 1.12. The van der Waals surface area contributed by atoms with Gasteiger partial charge in [0.2, 0.25) is 0 Å². The number of carbonyl (C=O) groups is 1. The highest BCUT2D eigenvalue weighted by Crippen LogP contribution is 2.22. The van der Waals surface area contributed by atoms with E-state index in [1.165, 1.54) is 0 Å². The molecule has 12 heavy (non-hydrogen) atoms. The van der Waals surface area contributed by atoms with E-state index in [-0.39, 0.29) is 0 Å². The monoisotopic (exact) mass is 177 g/mol. The lowest BCUT2D eigenvalue weighted by atomic mass is 10.3. The van der Waals surface area contributed by atoms with Crippen molar-refractivity contribution in [2.24, 2.45) is 0 Å². The Morgan fingerprint density at radius 1 is 1.58 bits per heavy atom. The molecule has 0 bridgehead atoms. The van der Waals surface area contributed by atoms with E-state index in [1.54, 1.807) is 17.5 Å². The van der Waals surface area contributed by atoms with Crippen LogP contribution in [0.2, 0.25) is 0 Å². The highest BCUT2D eigenvalue weighted by atomic mass is 32.1. The van der Waals surface area contributed by atoms with Crippen LogP contribution in [0.15, 0.2) is 24.4 Å². The minimum Gasteiger partial charge on any atom is -0.303 e. The van der Waals surface area contributed by atoms with Gasteiger partial charge in [0, 0.05) is 22.9 Å². The second kappa shape index (κ2) is 3.03. The Kier molecular flexibility index (Phi) is 1.87. The maximum atomic E-state index is 10.2. The third-order valence-electron chi connectivity index (χ3n) is 1.63. The van der Waals surface area contributed by atoms with Gasteiger partial charge in [-0.3, -0.25) is 0 Å². The maximum Gasteiger partial charge on any atom is 0.125 e. The molecule has 0 spiro atoms. The van der Waals surface area contributed by atoms with Crippen LogP contribution in [0.3, 0.4) is 0 Å². The molecule has 0 fully saturated rings. The molecule has 2 nitrogen and oxygen atoms in total. The molecule has 0 N–H and O–H groups in total. The predicted octanol–water partition coefficient (Wildman–Crippen LogP) is 2.04. The second-order valence-corrected chi connectivity index (χ2v) is 3.60. The van der Waals surface area contributed by atoms with Gasteiger partial charge in [-0.1, -0.05) is 6.07 Å². The molecule has 2 rings (SSSR count). The first-order valence-electron chi connectivity index (χ1n) is 3.67. The molecule has 0 aliphatic rings. The molecule has 0 radical (unpaired) electrons. The van der Waals surface area contributed by atoms with E-state index in [0.29, 0.717) is 6.42 Å². The van der Waals surface area contributed by atoms with Gasteiger partial charge in [0.15, 0.2) is 0 Å². The van der Waals surface area contributed by atoms with E-state index in [9.17, 15) is 4.79 Å². The molecule has 0 saturated carbocycles. The number of pyridine rings is 1. The molecule has 0 aliphatic heterocycles. The molecule has 0 aromatic carbocycles. The van der Waals surface area contributed by atoms with Gasteiger partial charge in [-0.25, -0.2) is 4.98 Å². The number of thiophene rings is 1. The van der Waals surface area contributed by atoms with Crippen molar-refractivity contribution in [3.63, 3.8) is 0 Å². The Hall–Kier alpha value is -1.22. The van der Waals surface area contributed by atoms with Gasteiger partial charge in [-0.15, -0.1) is 11.3 Å². The molecule has 0 amide bonds. The van der Waals surface area contributed by atoms with Gasteiger partial charge in [0.25, 0.3) is 0 Å². The van der Waals surface area contributed by atoms with Gasteiger partial charge in [0.1, 0.15) is 11.1 Å². The molecule has 2 heterocycles. The van der Waals surface area contributed by atoms with E-state index in [0.717, 1.165) is 21.4 Å². The molecule has 0 atom stereocenters. The van der Waals surface area contributed by atoms with Crippen LogP contribution >= 0.6 is 11.3 Å². The van der Waals surface area contributed by atoms with Crippen LogP contribution in [0.1, 0.15) is 4.88 Å². The number of carbonyl (C=O) groups excluding carboxylic acids is 1. The summed E-state index contributed by atoms with van der Waals surface area (Å²) in [4.78, 5) is 16.5. The molecule has 2 aromatic rings. The van der Waals surface area contributed by atoms with E-state index >= 15 is 0 Å². The molecule has 3 heteroatoms. The normalized spacial score (nSPS) is 10.3. The van der Waals surface area contributed by atoms with Crippen LogP contribution in [0.5, 0.6) is 0 Å². The zero-order valence-electron chi connectivity index (χ0n) is 6.36. The van der Waals surface area contributed by atoms with Crippen molar-refractivity contribution in [2.75, 3.05) is 0 Å². The van der Waals surface area contributed by atoms with Crippen LogP contribution in [-0.2, 0) is 11.2 Å². The molecular weight excluding hydrogens is 170 g/mol. The summed E-state index contributed by atoms with van der Waals surface area (Å²) in [6, 6.07) is 5.92. The van der Waals surface area contributed by atoms with E-state index in [1.807, 2.05) is 18.2 Å². The van der Waals surface area contributed by atoms with Crippen molar-refractivity contribution in [3.05, 3.63) is 29.3 Å². The van der Waals surface area contributed by atoms with Crippen molar-refractivity contribution < 1.29 is 4.79 Å². The first-order valence-corrected chi connectivity index (χ1v) is 4.49. The van der Waals surface area contributed by atoms with Crippen LogP contribution in [0, 0.1) is 0 Å². The highest BCUT2D eigenvalue weighted by molar-refractivity contribution is 7.18. The van der Waals surface area contributed by atoms with Gasteiger partial charge >= 0.3 is 0 Å². The number of aldehydes is 1. The van der Waals surface area contributed by atoms with Gasteiger partial charge in [0.05, 0.1) is 0 Å². The first-order chi connectivity index (χ1) is 5.90. The van der Waals surface area contributed by atoms with Crippen molar-refractivity contribution in [1.29, 1.82) is 0 Å². The summed E-state index contributed by atoms with van der Waals surface area (Å²) in [7, 11) is 0. The predicted molar refractivity (Wildman–Crippen MR) is 49.4 cm³/mol. The number of rotatable bonds is 2. The standard InChI is InChI=1S/C9H7NOS/c11-5-3-8-6-7-2-1-4-10-9(7)12-8/h1-2,4-6H,3H2. The summed E-state index contributed by atoms with van der Waals surface area (Å²) < 4.78 is 0. The van der Waals surface area contributed by atoms with Crippen molar-refractivity contribution in [2.45, 2.75) is 6.42 Å². The average Bonchev–Trinajstić information content (AvgIpc) is 2.47. The number of aromatic nitrogens is 1. The quantitative estimate of drug-likeness (QED) is 0.657. The van der Waals surface area contributed by atoms with Crippen LogP contribution in [0.25, 0.3) is 10.2 Å². The van der Waals surface area contributed by atoms with Gasteiger partial charge in [-0.05, 0) is 12.1 Å². The van der Waals surface area contributed by atoms with Crippen LogP contribution in [0.4, 0.5) is 0 Å². The molecule has 0 saturated heterocycles. The van der Waals surface area contributed by atoms with Gasteiger partial charge in [-0.2, -0.15) is 0 Å². The highest BCUT2D eigenvalue weighted by Gasteiger charge is 2.00. The van der Waals surface area contributed by atoms with Crippen molar-refractivity contribution in [1.82, 2.24) is 4.98 Å². The maximum absolute atomic E-state index is 10.2. The average molecular weight is 177 g/mol. The SMILES string of the molecule is O=CCc1cc2cccnc2s1. The van der Waals surface area contributed by atoms with Gasteiger partial charge < -0.3 is 4.79 Å². The fourth-order valence-electron chi connectivity index (χ4n) is 1.11. The van der Waals surface area contributed by atoms with Crippen LogP contribution in [-0.4, -0.2) is 11.3 Å². The zero-order valence-corrected chi connectivity index (χ0v) is 7.17. The Labute approximate surface area is 73.9 Å². The summed E-state index contributed by atoms with van der Waals surface area (Å²) in [6.07, 6.45) is 3.19. The lowest BCUT2D eigenvalue weighted by Gasteiger charge is -1.81. The summed E-state index contributed by atoms with van der Waals surface area (Å²) in [6.45, 7) is 0. The summed E-state index contributed by atoms with van der Waals surface area (Å²) >= 11 is 1.58. The molecular formula is C9H7NOS. The first kappa shape index (κ1) is 7.43. The molecule has 60 valence electrons. The minimum atomic E-state index is 0.501. The fraction of sp³-hybridized carbons (Fsp3) is 0.111. The smallest absolute Gasteiger partial charge is 0.125 e. The lowest BCUT2D eigenvalue weighted by Crippen LogP contribution is -1.76. The molecule has 0 aliphatic carbocycles. The Morgan fingerprint density at radius 2 is 2.50 bits per heavy atom. The Bertz CT molecular complexity index is 375. The summed E-state index contributed by atoms with van der Waals surface area (Å²) in [5.74, 6) is 0. The third-order valence-corrected chi connectivity index (χ3v) is 2.71. The number of nitrogens with zero attached hydrogens (tertiary/aromatic N) is 1. The van der Waals surface area contributed by atoms with Crippen molar-refractivity contribution >= 4 is 27.8 Å².